The number of aryl methyl sites for hydroxylation is 2. The normalized spacial score (nSPS) is 11.2. The van der Waals surface area contributed by atoms with Gasteiger partial charge in [0.05, 0.1) is 11.0 Å². The van der Waals surface area contributed by atoms with Gasteiger partial charge in [-0.15, -0.1) is 0 Å². The van der Waals surface area contributed by atoms with Crippen molar-refractivity contribution in [2.45, 2.75) is 27.7 Å². The summed E-state index contributed by atoms with van der Waals surface area (Å²) in [4.78, 5) is 16.0. The maximum Gasteiger partial charge on any atom is 0.224 e. The molecule has 0 fully saturated rings. The van der Waals surface area contributed by atoms with E-state index < -0.39 is 5.41 Å². The van der Waals surface area contributed by atoms with Gasteiger partial charge in [0.15, 0.2) is 0 Å². The zero-order chi connectivity index (χ0) is 14.8. The number of nitrogens with one attached hydrogen (secondary N) is 1. The minimum absolute atomic E-state index is 0.282. The van der Waals surface area contributed by atoms with E-state index in [2.05, 4.69) is 10.3 Å². The van der Waals surface area contributed by atoms with Crippen LogP contribution in [0.4, 0.5) is 5.82 Å². The topological polar surface area (TPSA) is 94.0 Å². The van der Waals surface area contributed by atoms with Crippen molar-refractivity contribution < 1.29 is 4.79 Å². The molecule has 0 aliphatic carbocycles. The smallest absolute Gasteiger partial charge is 0.224 e. The number of thiocarbonyl (C=S) groups is 1. The number of nitrogens with two attached hydrogens (primary N) is 2. The SMILES string of the molecule is Cc1cc(C)c(C(N)=S)c(NCC(C)(C)C(N)=O)n1. The average molecular weight is 280 g/mol. The molecule has 1 amide bonds. The van der Waals surface area contributed by atoms with Crippen LogP contribution >= 0.6 is 12.2 Å². The van der Waals surface area contributed by atoms with Crippen molar-refractivity contribution in [3.05, 3.63) is 22.9 Å². The molecule has 1 aromatic rings. The Morgan fingerprint density at radius 3 is 2.47 bits per heavy atom. The summed E-state index contributed by atoms with van der Waals surface area (Å²) in [5, 5.41) is 3.12. The molecule has 104 valence electrons. The fraction of sp³-hybridized carbons (Fsp3) is 0.462. The van der Waals surface area contributed by atoms with Crippen LogP contribution in [0.5, 0.6) is 0 Å². The first-order chi connectivity index (χ1) is 8.65. The Hall–Kier alpha value is -1.69. The van der Waals surface area contributed by atoms with Gasteiger partial charge in [0.2, 0.25) is 5.91 Å². The quantitative estimate of drug-likeness (QED) is 0.706. The Kier molecular flexibility index (Phi) is 4.47. The van der Waals surface area contributed by atoms with E-state index in [1.165, 1.54) is 0 Å². The minimum atomic E-state index is -0.674. The standard InChI is InChI=1S/C13H20N4OS/c1-7-5-8(2)17-11(9(7)10(14)19)16-6-13(3,4)12(15)18/h5H,6H2,1-4H3,(H2,14,19)(H2,15,18)(H,16,17). The maximum atomic E-state index is 11.3. The second kappa shape index (κ2) is 5.52. The first kappa shape index (κ1) is 15.4. The van der Waals surface area contributed by atoms with Gasteiger partial charge in [0, 0.05) is 12.2 Å². The number of pyridine rings is 1. The minimum Gasteiger partial charge on any atom is -0.389 e. The summed E-state index contributed by atoms with van der Waals surface area (Å²) in [7, 11) is 0. The lowest BCUT2D eigenvalue weighted by molar-refractivity contribution is -0.125. The van der Waals surface area contributed by atoms with Gasteiger partial charge >= 0.3 is 0 Å². The number of amides is 1. The maximum absolute atomic E-state index is 11.3. The average Bonchev–Trinajstić information content (AvgIpc) is 2.24. The highest BCUT2D eigenvalue weighted by Gasteiger charge is 2.25. The molecule has 5 N–H and O–H groups in total. The molecular formula is C13H20N4OS. The molecule has 0 atom stereocenters. The molecule has 19 heavy (non-hydrogen) atoms. The van der Waals surface area contributed by atoms with Gasteiger partial charge < -0.3 is 16.8 Å². The molecule has 0 aliphatic heterocycles. The van der Waals surface area contributed by atoms with E-state index in [-0.39, 0.29) is 10.9 Å². The van der Waals surface area contributed by atoms with Gasteiger partial charge in [-0.2, -0.15) is 0 Å². The van der Waals surface area contributed by atoms with Crippen molar-refractivity contribution in [2.75, 3.05) is 11.9 Å². The van der Waals surface area contributed by atoms with Crippen molar-refractivity contribution in [1.82, 2.24) is 4.98 Å². The molecule has 5 nitrogen and oxygen atoms in total. The van der Waals surface area contributed by atoms with Crippen LogP contribution in [0.25, 0.3) is 0 Å². The van der Waals surface area contributed by atoms with Gasteiger partial charge in [0.25, 0.3) is 0 Å². The Labute approximate surface area is 118 Å². The lowest BCUT2D eigenvalue weighted by Crippen LogP contribution is -2.38. The largest absolute Gasteiger partial charge is 0.389 e. The second-order valence-corrected chi connectivity index (χ2v) is 5.71. The Morgan fingerprint density at radius 1 is 1.42 bits per heavy atom. The summed E-state index contributed by atoms with van der Waals surface area (Å²) >= 11 is 5.05. The van der Waals surface area contributed by atoms with Crippen molar-refractivity contribution in [2.24, 2.45) is 16.9 Å². The van der Waals surface area contributed by atoms with Gasteiger partial charge in [-0.05, 0) is 39.3 Å². The van der Waals surface area contributed by atoms with Gasteiger partial charge in [0.1, 0.15) is 10.8 Å². The van der Waals surface area contributed by atoms with Crippen LogP contribution in [-0.4, -0.2) is 22.4 Å². The van der Waals surface area contributed by atoms with E-state index in [9.17, 15) is 4.79 Å². The monoisotopic (exact) mass is 280 g/mol. The Bertz CT molecular complexity index is 526. The van der Waals surface area contributed by atoms with Crippen molar-refractivity contribution in [3.8, 4) is 0 Å². The summed E-state index contributed by atoms with van der Waals surface area (Å²) < 4.78 is 0. The van der Waals surface area contributed by atoms with E-state index in [0.29, 0.717) is 17.9 Å². The van der Waals surface area contributed by atoms with Gasteiger partial charge in [-0.25, -0.2) is 4.98 Å². The summed E-state index contributed by atoms with van der Waals surface area (Å²) in [5.74, 6) is 0.223. The number of nitrogens with zero attached hydrogens (tertiary/aromatic N) is 1. The second-order valence-electron chi connectivity index (χ2n) is 5.27. The molecule has 0 aromatic carbocycles. The molecule has 6 heteroatoms. The van der Waals surface area contributed by atoms with E-state index >= 15 is 0 Å². The zero-order valence-corrected chi connectivity index (χ0v) is 12.5. The Balaban J connectivity index is 3.07. The first-order valence-electron chi connectivity index (χ1n) is 5.97. The van der Waals surface area contributed by atoms with Gasteiger partial charge in [-0.3, -0.25) is 4.79 Å². The van der Waals surface area contributed by atoms with E-state index in [1.807, 2.05) is 19.9 Å². The number of hydrogen-bond donors (Lipinski definition) is 3. The summed E-state index contributed by atoms with van der Waals surface area (Å²) in [6, 6.07) is 1.92. The molecule has 0 radical (unpaired) electrons. The van der Waals surface area contributed by atoms with Crippen molar-refractivity contribution in [3.63, 3.8) is 0 Å². The highest BCUT2D eigenvalue weighted by Crippen LogP contribution is 2.21. The number of carbonyl (C=O) groups excluding carboxylic acids is 1. The molecule has 1 heterocycles. The third-order valence-electron chi connectivity index (χ3n) is 2.96. The summed E-state index contributed by atoms with van der Waals surface area (Å²) in [6.07, 6.45) is 0. The first-order valence-corrected chi connectivity index (χ1v) is 6.38. The van der Waals surface area contributed by atoms with E-state index in [1.54, 1.807) is 13.8 Å². The van der Waals surface area contributed by atoms with Crippen LogP contribution in [0.15, 0.2) is 6.07 Å². The predicted octanol–water partition coefficient (Wildman–Crippen LogP) is 1.26. The molecule has 0 bridgehead atoms. The van der Waals surface area contributed by atoms with Crippen LogP contribution < -0.4 is 16.8 Å². The molecule has 0 unspecified atom stereocenters. The molecule has 0 saturated heterocycles. The number of rotatable bonds is 5. The molecule has 0 saturated carbocycles. The van der Waals surface area contributed by atoms with Crippen LogP contribution in [0, 0.1) is 19.3 Å². The molecular weight excluding hydrogens is 260 g/mol. The third-order valence-corrected chi connectivity index (χ3v) is 3.16. The molecule has 0 aliphatic rings. The van der Waals surface area contributed by atoms with Crippen LogP contribution in [0.1, 0.15) is 30.7 Å². The molecule has 1 rings (SSSR count). The third kappa shape index (κ3) is 3.64. The lowest BCUT2D eigenvalue weighted by atomic mass is 9.92. The number of primary amides is 1. The van der Waals surface area contributed by atoms with E-state index in [0.717, 1.165) is 11.3 Å². The Morgan fingerprint density at radius 2 is 2.00 bits per heavy atom. The predicted molar refractivity (Wildman–Crippen MR) is 81.1 cm³/mol. The highest BCUT2D eigenvalue weighted by atomic mass is 32.1. The number of anilines is 1. The zero-order valence-electron chi connectivity index (χ0n) is 11.7. The fourth-order valence-corrected chi connectivity index (χ4v) is 1.93. The van der Waals surface area contributed by atoms with Gasteiger partial charge in [-0.1, -0.05) is 12.2 Å². The van der Waals surface area contributed by atoms with Crippen molar-refractivity contribution in [1.29, 1.82) is 0 Å². The number of hydrogen-bond acceptors (Lipinski definition) is 4. The van der Waals surface area contributed by atoms with Crippen LogP contribution in [0.3, 0.4) is 0 Å². The lowest BCUT2D eigenvalue weighted by Gasteiger charge is -2.22. The van der Waals surface area contributed by atoms with Crippen LogP contribution in [-0.2, 0) is 4.79 Å². The highest BCUT2D eigenvalue weighted by molar-refractivity contribution is 7.80. The number of aromatic nitrogens is 1. The van der Waals surface area contributed by atoms with Crippen molar-refractivity contribution >= 4 is 28.9 Å². The summed E-state index contributed by atoms with van der Waals surface area (Å²) in [6.45, 7) is 7.72. The molecule has 1 aromatic heterocycles. The fourth-order valence-electron chi connectivity index (χ4n) is 1.67. The molecule has 0 spiro atoms. The number of carbonyl (C=O) groups is 1. The van der Waals surface area contributed by atoms with Crippen LogP contribution in [0.2, 0.25) is 0 Å². The van der Waals surface area contributed by atoms with E-state index in [4.69, 9.17) is 23.7 Å². The summed E-state index contributed by atoms with van der Waals surface area (Å²) in [5.41, 5.74) is 12.9.